The lowest BCUT2D eigenvalue weighted by Gasteiger charge is -2.58. The Labute approximate surface area is 79.9 Å². The molecule has 3 saturated carbocycles. The van der Waals surface area contributed by atoms with E-state index in [4.69, 9.17) is 0 Å². The Balaban J connectivity index is 1.91. The second kappa shape index (κ2) is 2.37. The fraction of sp³-hybridized carbons (Fsp3) is 0.917. The van der Waals surface area contributed by atoms with Gasteiger partial charge in [-0.15, -0.1) is 0 Å². The first-order chi connectivity index (χ1) is 6.23. The molecule has 0 amide bonds. The third-order valence-electron chi connectivity index (χ3n) is 5.06. The molecule has 1 nitrogen and oxygen atoms in total. The standard InChI is InChI=1S/C12H18O/c1-12-7-6-10(13)11(12)8-4-2-3-5-9(8)12/h8-9,11H,2-7H2,1H3/t8-,9-,11+,12+/m1/s1. The summed E-state index contributed by atoms with van der Waals surface area (Å²) in [5.41, 5.74) is 0.447. The van der Waals surface area contributed by atoms with Gasteiger partial charge >= 0.3 is 0 Å². The van der Waals surface area contributed by atoms with Crippen LogP contribution in [0.5, 0.6) is 0 Å². The van der Waals surface area contributed by atoms with Crippen LogP contribution < -0.4 is 0 Å². The molecule has 3 rings (SSSR count). The molecule has 0 unspecified atom stereocenters. The topological polar surface area (TPSA) is 17.1 Å². The molecule has 0 aromatic rings. The summed E-state index contributed by atoms with van der Waals surface area (Å²) in [6.45, 7) is 2.37. The molecule has 13 heavy (non-hydrogen) atoms. The molecule has 0 aromatic heterocycles. The smallest absolute Gasteiger partial charge is 0.136 e. The highest BCUT2D eigenvalue weighted by atomic mass is 16.1. The summed E-state index contributed by atoms with van der Waals surface area (Å²) in [7, 11) is 0. The van der Waals surface area contributed by atoms with Gasteiger partial charge < -0.3 is 0 Å². The van der Waals surface area contributed by atoms with Gasteiger partial charge in [-0.1, -0.05) is 19.8 Å². The van der Waals surface area contributed by atoms with E-state index in [1.807, 2.05) is 0 Å². The monoisotopic (exact) mass is 178 g/mol. The van der Waals surface area contributed by atoms with E-state index < -0.39 is 0 Å². The van der Waals surface area contributed by atoms with Crippen LogP contribution in [0.25, 0.3) is 0 Å². The lowest BCUT2D eigenvalue weighted by molar-refractivity contribution is -0.148. The van der Waals surface area contributed by atoms with Gasteiger partial charge in [-0.25, -0.2) is 0 Å². The Morgan fingerprint density at radius 3 is 2.92 bits per heavy atom. The van der Waals surface area contributed by atoms with E-state index in [2.05, 4.69) is 6.92 Å². The Hall–Kier alpha value is -0.330. The van der Waals surface area contributed by atoms with Crippen molar-refractivity contribution in [3.05, 3.63) is 0 Å². The van der Waals surface area contributed by atoms with E-state index >= 15 is 0 Å². The molecular formula is C12H18O. The molecular weight excluding hydrogens is 160 g/mol. The van der Waals surface area contributed by atoms with Crippen molar-refractivity contribution >= 4 is 5.78 Å². The third kappa shape index (κ3) is 0.812. The lowest BCUT2D eigenvalue weighted by atomic mass is 9.45. The summed E-state index contributed by atoms with van der Waals surface area (Å²) in [6.07, 6.45) is 7.62. The van der Waals surface area contributed by atoms with Crippen LogP contribution in [0.15, 0.2) is 0 Å². The zero-order valence-electron chi connectivity index (χ0n) is 8.38. The average molecular weight is 178 g/mol. The minimum Gasteiger partial charge on any atom is -0.299 e. The molecule has 0 spiro atoms. The number of hydrogen-bond donors (Lipinski definition) is 0. The molecule has 0 heterocycles. The number of fused-ring (bicyclic) bond motifs is 4. The van der Waals surface area contributed by atoms with Crippen molar-refractivity contribution < 1.29 is 4.79 Å². The molecule has 1 heteroatoms. The molecule has 4 atom stereocenters. The van der Waals surface area contributed by atoms with Gasteiger partial charge in [0.25, 0.3) is 0 Å². The zero-order valence-corrected chi connectivity index (χ0v) is 8.38. The molecule has 0 N–H and O–H groups in total. The van der Waals surface area contributed by atoms with Gasteiger partial charge in [0, 0.05) is 12.3 Å². The predicted molar refractivity (Wildman–Crippen MR) is 51.3 cm³/mol. The van der Waals surface area contributed by atoms with E-state index in [9.17, 15) is 4.79 Å². The van der Waals surface area contributed by atoms with Crippen molar-refractivity contribution in [2.45, 2.75) is 45.4 Å². The highest BCUT2D eigenvalue weighted by Crippen LogP contribution is 2.66. The normalized spacial score (nSPS) is 53.9. The average Bonchev–Trinajstić information content (AvgIpc) is 2.38. The first-order valence-electron chi connectivity index (χ1n) is 5.76. The summed E-state index contributed by atoms with van der Waals surface area (Å²) in [4.78, 5) is 11.7. The summed E-state index contributed by atoms with van der Waals surface area (Å²) >= 11 is 0. The molecule has 72 valence electrons. The summed E-state index contributed by atoms with van der Waals surface area (Å²) < 4.78 is 0. The van der Waals surface area contributed by atoms with Crippen LogP contribution in [0.1, 0.15) is 45.4 Å². The molecule has 3 aliphatic rings. The predicted octanol–water partition coefficient (Wildman–Crippen LogP) is 2.79. The maximum atomic E-state index is 11.7. The minimum atomic E-state index is 0.447. The zero-order chi connectivity index (χ0) is 9.05. The van der Waals surface area contributed by atoms with E-state index in [-0.39, 0.29) is 0 Å². The first-order valence-corrected chi connectivity index (χ1v) is 5.76. The maximum absolute atomic E-state index is 11.7. The van der Waals surface area contributed by atoms with E-state index in [0.717, 1.165) is 18.3 Å². The molecule has 0 aliphatic heterocycles. The molecule has 3 aliphatic carbocycles. The van der Waals surface area contributed by atoms with Gasteiger partial charge in [-0.05, 0) is 36.5 Å². The van der Waals surface area contributed by atoms with Crippen LogP contribution in [0.4, 0.5) is 0 Å². The van der Waals surface area contributed by atoms with Crippen molar-refractivity contribution in [3.8, 4) is 0 Å². The van der Waals surface area contributed by atoms with Crippen LogP contribution in [0, 0.1) is 23.2 Å². The number of carbonyl (C=O) groups is 1. The van der Waals surface area contributed by atoms with Gasteiger partial charge in [-0.2, -0.15) is 0 Å². The number of Topliss-reactive ketones (excluding diaryl/α,β-unsaturated/α-hetero) is 1. The van der Waals surface area contributed by atoms with Gasteiger partial charge in [0.15, 0.2) is 0 Å². The van der Waals surface area contributed by atoms with Crippen molar-refractivity contribution in [3.63, 3.8) is 0 Å². The van der Waals surface area contributed by atoms with Crippen LogP contribution in [-0.2, 0) is 4.79 Å². The molecule has 0 bridgehead atoms. The third-order valence-corrected chi connectivity index (χ3v) is 5.06. The van der Waals surface area contributed by atoms with Gasteiger partial charge in [-0.3, -0.25) is 4.79 Å². The summed E-state index contributed by atoms with van der Waals surface area (Å²) in [5, 5.41) is 0. The highest BCUT2D eigenvalue weighted by Gasteiger charge is 2.63. The summed E-state index contributed by atoms with van der Waals surface area (Å²) in [6, 6.07) is 0. The molecule has 0 radical (unpaired) electrons. The Morgan fingerprint density at radius 2 is 2.08 bits per heavy atom. The molecule has 0 saturated heterocycles. The lowest BCUT2D eigenvalue weighted by Crippen LogP contribution is -2.55. The van der Waals surface area contributed by atoms with Gasteiger partial charge in [0.05, 0.1) is 0 Å². The SMILES string of the molecule is C[C@@]12CCC(=O)[C@@H]1[C@@H]1CCCC[C@H]12. The Bertz CT molecular complexity index is 258. The number of hydrogen-bond acceptors (Lipinski definition) is 1. The molecule has 0 aromatic carbocycles. The van der Waals surface area contributed by atoms with Crippen molar-refractivity contribution in [1.29, 1.82) is 0 Å². The van der Waals surface area contributed by atoms with Crippen molar-refractivity contribution in [1.82, 2.24) is 0 Å². The minimum absolute atomic E-state index is 0.447. The Morgan fingerprint density at radius 1 is 1.31 bits per heavy atom. The van der Waals surface area contributed by atoms with Crippen LogP contribution in [0.2, 0.25) is 0 Å². The van der Waals surface area contributed by atoms with Crippen LogP contribution >= 0.6 is 0 Å². The number of ketones is 1. The van der Waals surface area contributed by atoms with E-state index in [1.54, 1.807) is 0 Å². The van der Waals surface area contributed by atoms with Crippen molar-refractivity contribution in [2.75, 3.05) is 0 Å². The number of rotatable bonds is 0. The fourth-order valence-electron chi connectivity index (χ4n) is 4.47. The summed E-state index contributed by atoms with van der Waals surface area (Å²) in [5.74, 6) is 2.79. The second-order valence-corrected chi connectivity index (χ2v) is 5.50. The second-order valence-electron chi connectivity index (χ2n) is 5.50. The van der Waals surface area contributed by atoms with Crippen molar-refractivity contribution in [2.24, 2.45) is 23.2 Å². The largest absolute Gasteiger partial charge is 0.299 e. The van der Waals surface area contributed by atoms with E-state index in [0.29, 0.717) is 17.1 Å². The van der Waals surface area contributed by atoms with Gasteiger partial charge in [0.1, 0.15) is 5.78 Å². The highest BCUT2D eigenvalue weighted by molar-refractivity contribution is 5.86. The first kappa shape index (κ1) is 8.02. The van der Waals surface area contributed by atoms with Crippen LogP contribution in [-0.4, -0.2) is 5.78 Å². The quantitative estimate of drug-likeness (QED) is 0.557. The van der Waals surface area contributed by atoms with E-state index in [1.165, 1.54) is 32.1 Å². The van der Waals surface area contributed by atoms with Gasteiger partial charge in [0.2, 0.25) is 0 Å². The Kier molecular flexibility index (Phi) is 1.46. The van der Waals surface area contributed by atoms with Crippen LogP contribution in [0.3, 0.4) is 0 Å². The maximum Gasteiger partial charge on any atom is 0.136 e. The fourth-order valence-corrected chi connectivity index (χ4v) is 4.47. The molecule has 3 fully saturated rings. The number of carbonyl (C=O) groups excluding carboxylic acids is 1.